The van der Waals surface area contributed by atoms with Crippen LogP contribution in [0.1, 0.15) is 0 Å². The molecule has 0 bridgehead atoms. The maximum Gasteiger partial charge on any atom is 0.256 e. The third kappa shape index (κ3) is 2.34. The van der Waals surface area contributed by atoms with Crippen molar-refractivity contribution < 1.29 is 14.3 Å². The number of furan rings is 1. The number of rotatable bonds is 2. The van der Waals surface area contributed by atoms with Crippen molar-refractivity contribution in [3.05, 3.63) is 63.2 Å². The minimum atomic E-state index is -0.551. The van der Waals surface area contributed by atoms with Crippen LogP contribution in [0, 0.1) is 0 Å². The van der Waals surface area contributed by atoms with Gasteiger partial charge in [0.05, 0.1) is 23.6 Å². The normalized spacial score (nSPS) is 11.8. The predicted molar refractivity (Wildman–Crippen MR) is 116 cm³/mol. The lowest BCUT2D eigenvalue weighted by Gasteiger charge is -2.07. The van der Waals surface area contributed by atoms with Crippen molar-refractivity contribution in [3.63, 3.8) is 0 Å². The number of H-pyrrole nitrogens is 3. The summed E-state index contributed by atoms with van der Waals surface area (Å²) < 4.78 is 11.2. The summed E-state index contributed by atoms with van der Waals surface area (Å²) in [4.78, 5) is 32.5. The second-order valence-corrected chi connectivity index (χ2v) is 7.20. The van der Waals surface area contributed by atoms with Crippen molar-refractivity contribution in [2.45, 2.75) is 0 Å². The zero-order valence-corrected chi connectivity index (χ0v) is 16.1. The van der Waals surface area contributed by atoms with Crippen molar-refractivity contribution in [2.75, 3.05) is 7.11 Å². The van der Waals surface area contributed by atoms with E-state index >= 15 is 0 Å². The van der Waals surface area contributed by atoms with Gasteiger partial charge in [0.2, 0.25) is 11.2 Å². The molecule has 2 aromatic carbocycles. The molecule has 6 rings (SSSR count). The number of pyridine rings is 2. The Labute approximate surface area is 171 Å². The first-order valence-electron chi connectivity index (χ1n) is 9.40. The van der Waals surface area contributed by atoms with E-state index in [0.717, 1.165) is 5.39 Å². The molecule has 0 aliphatic carbocycles. The molecule has 4 N–H and O–H groups in total. The smallest absolute Gasteiger partial charge is 0.256 e. The monoisotopic (exact) mass is 414 g/mol. The second kappa shape index (κ2) is 5.99. The highest BCUT2D eigenvalue weighted by molar-refractivity contribution is 6.15. The zero-order valence-electron chi connectivity index (χ0n) is 16.1. The summed E-state index contributed by atoms with van der Waals surface area (Å²) >= 11 is 0. The number of hydrogen-bond donors (Lipinski definition) is 4. The molecule has 152 valence electrons. The molecule has 0 aliphatic rings. The molecule has 0 atom stereocenters. The van der Waals surface area contributed by atoms with E-state index in [1.54, 1.807) is 37.6 Å². The highest BCUT2D eigenvalue weighted by atomic mass is 16.5. The number of phenols is 1. The minimum absolute atomic E-state index is 0.0369. The van der Waals surface area contributed by atoms with E-state index in [1.165, 1.54) is 6.07 Å². The number of nitrogens with one attached hydrogen (secondary N) is 3. The minimum Gasteiger partial charge on any atom is -0.502 e. The number of fused-ring (bicyclic) bond motifs is 5. The van der Waals surface area contributed by atoms with E-state index in [2.05, 4.69) is 20.2 Å². The third-order valence-electron chi connectivity index (χ3n) is 5.47. The van der Waals surface area contributed by atoms with Crippen LogP contribution in [-0.4, -0.2) is 32.4 Å². The Kier molecular flexibility index (Phi) is 3.35. The van der Waals surface area contributed by atoms with Crippen LogP contribution in [0.4, 0.5) is 0 Å². The molecular weight excluding hydrogens is 400 g/mol. The maximum absolute atomic E-state index is 13.1. The Bertz CT molecular complexity index is 1790. The standard InChI is InChI=1S/C22H14N4O5/c1-30-10-3-2-9-6-12(22(29)24-14(9)7-10)16-13-8-23-26-21(13)25-17-11-4-5-15(27)18(28)19(11)31-20(16)17/h2-8,28H,1H3,(H,24,29)(H2,23,25,26). The van der Waals surface area contributed by atoms with Crippen molar-refractivity contribution >= 4 is 44.0 Å². The molecular formula is C22H14N4O5. The Hall–Kier alpha value is -4.53. The molecule has 0 aliphatic heterocycles. The molecule has 6 aromatic rings. The fourth-order valence-electron chi connectivity index (χ4n) is 3.98. The summed E-state index contributed by atoms with van der Waals surface area (Å²) in [5, 5.41) is 18.0. The van der Waals surface area contributed by atoms with Gasteiger partial charge in [0.25, 0.3) is 5.56 Å². The van der Waals surface area contributed by atoms with Gasteiger partial charge in [-0.15, -0.1) is 0 Å². The lowest BCUT2D eigenvalue weighted by Crippen LogP contribution is -2.09. The quantitative estimate of drug-likeness (QED) is 0.343. The summed E-state index contributed by atoms with van der Waals surface area (Å²) in [6, 6.07) is 9.98. The molecule has 9 nitrogen and oxygen atoms in total. The second-order valence-electron chi connectivity index (χ2n) is 7.20. The Morgan fingerprint density at radius 2 is 1.94 bits per heavy atom. The zero-order chi connectivity index (χ0) is 21.3. The van der Waals surface area contributed by atoms with Crippen LogP contribution in [0.5, 0.6) is 11.5 Å². The van der Waals surface area contributed by atoms with Gasteiger partial charge in [-0.1, -0.05) is 0 Å². The van der Waals surface area contributed by atoms with Gasteiger partial charge < -0.3 is 24.3 Å². The highest BCUT2D eigenvalue weighted by Crippen LogP contribution is 2.39. The van der Waals surface area contributed by atoms with Crippen LogP contribution in [0.25, 0.3) is 55.1 Å². The molecule has 0 amide bonds. The molecule has 0 spiro atoms. The largest absolute Gasteiger partial charge is 0.502 e. The van der Waals surface area contributed by atoms with Crippen LogP contribution in [-0.2, 0) is 0 Å². The third-order valence-corrected chi connectivity index (χ3v) is 5.47. The summed E-state index contributed by atoms with van der Waals surface area (Å²) in [7, 11) is 1.56. The van der Waals surface area contributed by atoms with Gasteiger partial charge in [0, 0.05) is 23.2 Å². The average Bonchev–Trinajstić information content (AvgIpc) is 3.38. The summed E-state index contributed by atoms with van der Waals surface area (Å²) in [5.41, 5.74) is 1.89. The number of aromatic hydroxyl groups is 1. The molecule has 9 heteroatoms. The fraction of sp³-hybridized carbons (Fsp3) is 0.0455. The maximum atomic E-state index is 13.1. The first-order chi connectivity index (χ1) is 15.0. The van der Waals surface area contributed by atoms with Crippen molar-refractivity contribution in [2.24, 2.45) is 0 Å². The van der Waals surface area contributed by atoms with Gasteiger partial charge in [-0.05, 0) is 35.7 Å². The molecule has 31 heavy (non-hydrogen) atoms. The van der Waals surface area contributed by atoms with E-state index in [0.29, 0.717) is 49.9 Å². The van der Waals surface area contributed by atoms with Crippen LogP contribution >= 0.6 is 0 Å². The number of phenolic OH excluding ortho intramolecular Hbond substituents is 1. The molecule has 0 saturated heterocycles. The predicted octanol–water partition coefficient (Wildman–Crippen LogP) is 3.37. The fourth-order valence-corrected chi connectivity index (χ4v) is 3.98. The molecule has 0 radical (unpaired) electrons. The summed E-state index contributed by atoms with van der Waals surface area (Å²) in [6.45, 7) is 0. The molecule has 0 saturated carbocycles. The van der Waals surface area contributed by atoms with Gasteiger partial charge >= 0.3 is 0 Å². The van der Waals surface area contributed by atoms with Gasteiger partial charge in [-0.2, -0.15) is 0 Å². The Morgan fingerprint density at radius 1 is 1.06 bits per heavy atom. The molecule has 4 aromatic heterocycles. The number of aromatic nitrogens is 4. The van der Waals surface area contributed by atoms with Gasteiger partial charge in [-0.3, -0.25) is 14.7 Å². The van der Waals surface area contributed by atoms with Gasteiger partial charge in [0.1, 0.15) is 11.3 Å². The highest BCUT2D eigenvalue weighted by Gasteiger charge is 2.22. The van der Waals surface area contributed by atoms with E-state index in [-0.39, 0.29) is 11.1 Å². The molecule has 0 fully saturated rings. The van der Waals surface area contributed by atoms with Crippen LogP contribution < -0.4 is 15.7 Å². The number of hydrogen-bond acceptors (Lipinski definition) is 6. The van der Waals surface area contributed by atoms with Crippen molar-refractivity contribution in [3.8, 4) is 22.6 Å². The van der Waals surface area contributed by atoms with Gasteiger partial charge in [-0.25, -0.2) is 4.98 Å². The van der Waals surface area contributed by atoms with E-state index in [9.17, 15) is 14.7 Å². The number of benzene rings is 2. The van der Waals surface area contributed by atoms with Crippen molar-refractivity contribution in [1.82, 2.24) is 20.2 Å². The molecule has 4 heterocycles. The van der Waals surface area contributed by atoms with Crippen LogP contribution in [0.15, 0.2) is 56.6 Å². The number of ether oxygens (including phenoxy) is 1. The first kappa shape index (κ1) is 17.3. The van der Waals surface area contributed by atoms with Gasteiger partial charge in [0.15, 0.2) is 16.8 Å². The van der Waals surface area contributed by atoms with E-state index in [1.807, 2.05) is 6.07 Å². The van der Waals surface area contributed by atoms with E-state index in [4.69, 9.17) is 9.15 Å². The summed E-state index contributed by atoms with van der Waals surface area (Å²) in [5.74, 6) is 0.141. The topological polar surface area (TPSA) is 137 Å². The number of methoxy groups -OCH3 is 1. The summed E-state index contributed by atoms with van der Waals surface area (Å²) in [6.07, 6.45) is 1.68. The number of aromatic amines is 3. The lowest BCUT2D eigenvalue weighted by molar-refractivity contribution is 0.415. The first-order valence-corrected chi connectivity index (χ1v) is 9.40. The van der Waals surface area contributed by atoms with Crippen LogP contribution in [0.3, 0.4) is 0 Å². The van der Waals surface area contributed by atoms with E-state index < -0.39 is 11.2 Å². The molecule has 0 unspecified atom stereocenters. The number of nitrogens with zero attached hydrogens (tertiary/aromatic N) is 1. The average molecular weight is 414 g/mol. The Morgan fingerprint density at radius 3 is 2.77 bits per heavy atom. The Balaban J connectivity index is 1.78. The SMILES string of the molecule is COc1ccc2cc(-c3c4c[nH][nH]c4nc4c3oc3c(O)c(=O)ccc34)c(=O)[nH]c2c1. The van der Waals surface area contributed by atoms with Crippen LogP contribution in [0.2, 0.25) is 0 Å². The van der Waals surface area contributed by atoms with Crippen molar-refractivity contribution in [1.29, 1.82) is 0 Å². The lowest BCUT2D eigenvalue weighted by atomic mass is 10.0.